The predicted octanol–water partition coefficient (Wildman–Crippen LogP) is 7.32. The average molecular weight is 513 g/mol. The van der Waals surface area contributed by atoms with Gasteiger partial charge >= 0.3 is 39.7 Å². The summed E-state index contributed by atoms with van der Waals surface area (Å²) in [7, 11) is -4.03. The Morgan fingerprint density at radius 1 is 0.676 bits per heavy atom. The zero-order valence-corrected chi connectivity index (χ0v) is 20.5. The van der Waals surface area contributed by atoms with Crippen LogP contribution >= 0.6 is 0 Å². The van der Waals surface area contributed by atoms with Crippen molar-refractivity contribution in [2.45, 2.75) is 30.6 Å². The summed E-state index contributed by atoms with van der Waals surface area (Å²) in [5, 5.41) is 5.88. The number of allylic oxidation sites excluding steroid dienone is 4. The van der Waals surface area contributed by atoms with Crippen LogP contribution in [-0.4, -0.2) is 38.0 Å². The molecule has 2 aliphatic rings. The van der Waals surface area contributed by atoms with Crippen molar-refractivity contribution in [1.82, 2.24) is 0 Å². The van der Waals surface area contributed by atoms with Gasteiger partial charge in [-0.25, -0.2) is 0 Å². The molecule has 7 rings (SSSR count). The Labute approximate surface area is 238 Å². The molecule has 0 aromatic heterocycles. The molecule has 0 fully saturated rings. The van der Waals surface area contributed by atoms with Gasteiger partial charge in [0, 0.05) is 5.39 Å². The molecule has 0 radical (unpaired) electrons. The van der Waals surface area contributed by atoms with Crippen LogP contribution in [0.1, 0.15) is 30.4 Å². The van der Waals surface area contributed by atoms with Crippen molar-refractivity contribution < 1.29 is 12.6 Å². The van der Waals surface area contributed by atoms with Gasteiger partial charge < -0.3 is 4.18 Å². The fourth-order valence-corrected chi connectivity index (χ4v) is 6.79. The van der Waals surface area contributed by atoms with Crippen molar-refractivity contribution in [3.05, 3.63) is 114 Å². The summed E-state index contributed by atoms with van der Waals surface area (Å²) >= 11 is 0. The van der Waals surface area contributed by atoms with Crippen molar-refractivity contribution >= 4 is 77.6 Å². The molecule has 0 bridgehead atoms. The molecule has 3 nitrogen and oxygen atoms in total. The van der Waals surface area contributed by atoms with E-state index in [-0.39, 0.29) is 34.5 Å². The van der Waals surface area contributed by atoms with E-state index in [2.05, 4.69) is 30.4 Å². The minimum absolute atomic E-state index is 0. The Hall–Kier alpha value is -2.89. The van der Waals surface area contributed by atoms with Gasteiger partial charge in [0.1, 0.15) is 4.90 Å². The molecule has 2 aliphatic carbocycles. The van der Waals surface area contributed by atoms with Crippen LogP contribution in [0.2, 0.25) is 0 Å². The number of fused-ring (bicyclic) bond motifs is 7. The summed E-state index contributed by atoms with van der Waals surface area (Å²) in [6.45, 7) is 0. The van der Waals surface area contributed by atoms with Crippen molar-refractivity contribution in [2.75, 3.05) is 0 Å². The van der Waals surface area contributed by atoms with E-state index in [1.54, 1.807) is 18.2 Å². The van der Waals surface area contributed by atoms with Gasteiger partial charge in [0.2, 0.25) is 0 Å². The summed E-state index contributed by atoms with van der Waals surface area (Å²) in [6.07, 6.45) is 8.76. The van der Waals surface area contributed by atoms with E-state index in [0.717, 1.165) is 58.0 Å². The van der Waals surface area contributed by atoms with Gasteiger partial charge in [-0.05, 0) is 93.6 Å². The fourth-order valence-electron chi connectivity index (χ4n) is 5.82. The molecule has 5 aromatic carbocycles. The third-order valence-corrected chi connectivity index (χ3v) is 8.81. The average Bonchev–Trinajstić information content (AvgIpc) is 2.92. The van der Waals surface area contributed by atoms with E-state index in [9.17, 15) is 8.42 Å². The van der Waals surface area contributed by atoms with Crippen molar-refractivity contribution in [2.24, 2.45) is 0 Å². The quantitative estimate of drug-likeness (QED) is 0.145. The second kappa shape index (κ2) is 9.45. The number of hydrogen-bond acceptors (Lipinski definition) is 3. The van der Waals surface area contributed by atoms with Gasteiger partial charge in [-0.2, -0.15) is 8.42 Å². The van der Waals surface area contributed by atoms with Gasteiger partial charge in [0.05, 0.1) is 0 Å². The van der Waals surface area contributed by atoms with E-state index in [4.69, 9.17) is 4.18 Å². The maximum atomic E-state index is 13.5. The molecule has 5 aromatic rings. The molecule has 0 N–H and O–H groups in total. The standard InChI is InChI=1S/C32H24O3S.Na.H/c33-36(34,24-16-14-23-13-12-21-6-2-4-9-26(21)31(23)20-24)35-32-11-5-10-27-29-17-15-22-7-1-3-8-25(22)28(29)18-19-30(27)32;;/h2-6,8-14,16,18-20H,1,7,15,17H2;;. The molecule has 5 heteroatoms. The van der Waals surface area contributed by atoms with E-state index < -0.39 is 10.1 Å². The normalized spacial score (nSPS) is 14.9. The summed E-state index contributed by atoms with van der Waals surface area (Å²) < 4.78 is 32.7. The molecule has 0 heterocycles. The van der Waals surface area contributed by atoms with E-state index in [1.165, 1.54) is 22.3 Å². The van der Waals surface area contributed by atoms with Gasteiger partial charge in [0.15, 0.2) is 5.75 Å². The van der Waals surface area contributed by atoms with Crippen LogP contribution < -0.4 is 4.18 Å². The zero-order chi connectivity index (χ0) is 24.3. The second-order valence-corrected chi connectivity index (χ2v) is 11.2. The summed E-state index contributed by atoms with van der Waals surface area (Å²) in [5.74, 6) is 0.368. The van der Waals surface area contributed by atoms with E-state index >= 15 is 0 Å². The first-order chi connectivity index (χ1) is 17.6. The zero-order valence-electron chi connectivity index (χ0n) is 19.7. The van der Waals surface area contributed by atoms with Crippen LogP contribution in [0.5, 0.6) is 5.75 Å². The number of aryl methyl sites for hydroxylation is 1. The first-order valence-electron chi connectivity index (χ1n) is 12.4. The van der Waals surface area contributed by atoms with Gasteiger partial charge in [-0.3, -0.25) is 0 Å². The number of benzene rings is 5. The molecule has 37 heavy (non-hydrogen) atoms. The second-order valence-electron chi connectivity index (χ2n) is 9.61. The van der Waals surface area contributed by atoms with Gasteiger partial charge in [-0.15, -0.1) is 0 Å². The first kappa shape index (κ1) is 24.4. The predicted molar refractivity (Wildman–Crippen MR) is 154 cm³/mol. The molecule has 0 amide bonds. The van der Waals surface area contributed by atoms with Gasteiger partial charge in [0.25, 0.3) is 0 Å². The first-order valence-corrected chi connectivity index (χ1v) is 13.8. The summed E-state index contributed by atoms with van der Waals surface area (Å²) in [5.41, 5.74) is 5.41. The van der Waals surface area contributed by atoms with E-state index in [0.29, 0.717) is 5.75 Å². The molecular weight excluding hydrogens is 487 g/mol. The molecule has 0 saturated carbocycles. The van der Waals surface area contributed by atoms with Crippen LogP contribution in [-0.2, 0) is 16.5 Å². The molecule has 0 atom stereocenters. The summed E-state index contributed by atoms with van der Waals surface area (Å²) in [4.78, 5) is 0.156. The molecule has 0 aliphatic heterocycles. The van der Waals surface area contributed by atoms with Crippen molar-refractivity contribution in [3.8, 4) is 5.75 Å². The fraction of sp³-hybridized carbons (Fsp3) is 0.125. The van der Waals surface area contributed by atoms with Crippen LogP contribution in [0.4, 0.5) is 0 Å². The summed E-state index contributed by atoms with van der Waals surface area (Å²) in [6, 6.07) is 27.1. The topological polar surface area (TPSA) is 43.4 Å². The number of hydrogen-bond donors (Lipinski definition) is 0. The van der Waals surface area contributed by atoms with Crippen molar-refractivity contribution in [3.63, 3.8) is 0 Å². The molecule has 0 spiro atoms. The molecular formula is C32H25NaO3S. The van der Waals surface area contributed by atoms with Gasteiger partial charge in [-0.1, -0.05) is 78.4 Å². The van der Waals surface area contributed by atoms with Crippen LogP contribution in [0.25, 0.3) is 37.9 Å². The monoisotopic (exact) mass is 512 g/mol. The third kappa shape index (κ3) is 4.13. The Morgan fingerprint density at radius 2 is 1.46 bits per heavy atom. The Morgan fingerprint density at radius 3 is 2.35 bits per heavy atom. The molecule has 0 saturated heterocycles. The van der Waals surface area contributed by atoms with Crippen LogP contribution in [0.3, 0.4) is 0 Å². The van der Waals surface area contributed by atoms with E-state index in [1.807, 2.05) is 48.5 Å². The molecule has 0 unspecified atom stereocenters. The third-order valence-electron chi connectivity index (χ3n) is 7.58. The number of rotatable bonds is 3. The minimum atomic E-state index is -4.03. The Balaban J connectivity index is 0.00000252. The maximum absolute atomic E-state index is 13.5. The van der Waals surface area contributed by atoms with Crippen LogP contribution in [0, 0.1) is 0 Å². The Kier molecular flexibility index (Phi) is 6.24. The van der Waals surface area contributed by atoms with Crippen LogP contribution in [0.15, 0.2) is 108 Å². The van der Waals surface area contributed by atoms with Crippen molar-refractivity contribution in [1.29, 1.82) is 0 Å². The SMILES string of the molecule is O=S(=O)(Oc1cccc2c3c(ccc12)C1=C(CCC=C1)CC3)c1ccc2ccc3ccccc3c2c1.[NaH]. The Bertz CT molecular complexity index is 1880. The molecule has 178 valence electrons.